The van der Waals surface area contributed by atoms with Gasteiger partial charge in [0.2, 0.25) is 0 Å². The third kappa shape index (κ3) is 3.11. The Morgan fingerprint density at radius 1 is 0.970 bits per heavy atom. The van der Waals surface area contributed by atoms with E-state index in [2.05, 4.69) is 16.4 Å². The van der Waals surface area contributed by atoms with Gasteiger partial charge in [-0.05, 0) is 58.8 Å². The summed E-state index contributed by atoms with van der Waals surface area (Å²) in [6.07, 6.45) is 1.79. The summed E-state index contributed by atoms with van der Waals surface area (Å²) in [5.74, 6) is -0.312. The van der Waals surface area contributed by atoms with Crippen LogP contribution in [-0.4, -0.2) is 58.9 Å². The van der Waals surface area contributed by atoms with E-state index >= 15 is 0 Å². The monoisotopic (exact) mass is 440 g/mol. The molecular formula is C26H21FN4O2. The molecule has 164 valence electrons. The number of aromatic nitrogens is 1. The number of urea groups is 1. The number of fused-ring (bicyclic) bond motifs is 2. The van der Waals surface area contributed by atoms with E-state index in [-0.39, 0.29) is 23.3 Å². The smallest absolute Gasteiger partial charge is 0.317 e. The zero-order valence-electron chi connectivity index (χ0n) is 18.0. The van der Waals surface area contributed by atoms with E-state index in [9.17, 15) is 14.0 Å². The SMILES string of the molecule is CN1C(=O)NCC12CN(C(=O)c1ccc3cc(-c4cnc5ccc(F)cc5c4)ccc3c1)C2. The number of likely N-dealkylation sites (N-methyl/N-ethyl adjacent to an activating group) is 1. The third-order valence-electron chi connectivity index (χ3n) is 6.91. The number of amides is 3. The second-order valence-corrected chi connectivity index (χ2v) is 8.94. The van der Waals surface area contributed by atoms with Gasteiger partial charge in [0.15, 0.2) is 0 Å². The Morgan fingerprint density at radius 3 is 2.52 bits per heavy atom. The molecule has 1 spiro atoms. The Balaban J connectivity index is 1.25. The van der Waals surface area contributed by atoms with Crippen LogP contribution >= 0.6 is 0 Å². The van der Waals surface area contributed by atoms with Crippen molar-refractivity contribution >= 4 is 33.6 Å². The van der Waals surface area contributed by atoms with Crippen LogP contribution in [-0.2, 0) is 0 Å². The standard InChI is InChI=1S/C26H21FN4O2/c1-30-25(33)29-13-26(30)14-31(15-26)24(32)19-5-4-16-8-18(3-2-17(16)9-19)21-10-20-11-22(27)6-7-23(20)28-12-21/h2-12H,13-15H2,1H3,(H,29,33). The lowest BCUT2D eigenvalue weighted by atomic mass is 9.88. The summed E-state index contributed by atoms with van der Waals surface area (Å²) in [5, 5.41) is 5.57. The summed E-state index contributed by atoms with van der Waals surface area (Å²) in [7, 11) is 1.78. The van der Waals surface area contributed by atoms with Crippen molar-refractivity contribution in [2.24, 2.45) is 0 Å². The van der Waals surface area contributed by atoms with Crippen LogP contribution in [0.5, 0.6) is 0 Å². The highest BCUT2D eigenvalue weighted by molar-refractivity contribution is 6.00. The molecule has 1 aromatic heterocycles. The summed E-state index contributed by atoms with van der Waals surface area (Å²) < 4.78 is 13.6. The molecule has 33 heavy (non-hydrogen) atoms. The fourth-order valence-corrected chi connectivity index (χ4v) is 4.83. The average molecular weight is 440 g/mol. The first-order valence-electron chi connectivity index (χ1n) is 10.8. The average Bonchev–Trinajstić information content (AvgIpc) is 3.11. The molecule has 6 nitrogen and oxygen atoms in total. The van der Waals surface area contributed by atoms with E-state index in [0.29, 0.717) is 25.2 Å². The van der Waals surface area contributed by atoms with Crippen molar-refractivity contribution in [3.63, 3.8) is 0 Å². The van der Waals surface area contributed by atoms with Crippen LogP contribution in [0.3, 0.4) is 0 Å². The second kappa shape index (κ2) is 7.00. The van der Waals surface area contributed by atoms with E-state index in [1.807, 2.05) is 36.4 Å². The zero-order valence-corrected chi connectivity index (χ0v) is 18.0. The fraction of sp³-hybridized carbons (Fsp3) is 0.192. The summed E-state index contributed by atoms with van der Waals surface area (Å²) in [4.78, 5) is 32.7. The molecule has 3 heterocycles. The molecule has 0 unspecified atom stereocenters. The van der Waals surface area contributed by atoms with Crippen molar-refractivity contribution in [2.75, 3.05) is 26.7 Å². The normalized spacial score (nSPS) is 17.0. The van der Waals surface area contributed by atoms with Crippen LogP contribution in [0, 0.1) is 5.82 Å². The van der Waals surface area contributed by atoms with Crippen LogP contribution in [0.1, 0.15) is 10.4 Å². The molecule has 4 aromatic rings. The Morgan fingerprint density at radius 2 is 1.73 bits per heavy atom. The molecule has 2 fully saturated rings. The number of carbonyl (C=O) groups excluding carboxylic acids is 2. The molecule has 2 saturated heterocycles. The molecule has 0 bridgehead atoms. The molecular weight excluding hydrogens is 419 g/mol. The quantitative estimate of drug-likeness (QED) is 0.512. The van der Waals surface area contributed by atoms with Gasteiger partial charge in [0, 0.05) is 49.4 Å². The van der Waals surface area contributed by atoms with Gasteiger partial charge in [0.25, 0.3) is 5.91 Å². The van der Waals surface area contributed by atoms with Crippen LogP contribution in [0.4, 0.5) is 9.18 Å². The van der Waals surface area contributed by atoms with E-state index < -0.39 is 0 Å². The number of hydrogen-bond acceptors (Lipinski definition) is 3. The van der Waals surface area contributed by atoms with Crippen molar-refractivity contribution in [1.29, 1.82) is 0 Å². The topological polar surface area (TPSA) is 65.5 Å². The number of hydrogen-bond donors (Lipinski definition) is 1. The van der Waals surface area contributed by atoms with E-state index in [4.69, 9.17) is 0 Å². The molecule has 0 atom stereocenters. The van der Waals surface area contributed by atoms with Crippen molar-refractivity contribution in [3.05, 3.63) is 78.2 Å². The van der Waals surface area contributed by atoms with Gasteiger partial charge in [-0.2, -0.15) is 0 Å². The van der Waals surface area contributed by atoms with Gasteiger partial charge in [-0.3, -0.25) is 9.78 Å². The molecule has 3 amide bonds. The lowest BCUT2D eigenvalue weighted by Crippen LogP contribution is -2.70. The number of carbonyl (C=O) groups is 2. The summed E-state index contributed by atoms with van der Waals surface area (Å²) in [6, 6.07) is 18.1. The minimum absolute atomic E-state index is 0.0277. The number of nitrogens with zero attached hydrogens (tertiary/aromatic N) is 3. The Kier molecular flexibility index (Phi) is 4.17. The summed E-state index contributed by atoms with van der Waals surface area (Å²) in [6.45, 7) is 1.64. The van der Waals surface area contributed by atoms with E-state index in [1.165, 1.54) is 12.1 Å². The molecule has 7 heteroatoms. The summed E-state index contributed by atoms with van der Waals surface area (Å²) in [5.41, 5.74) is 2.99. The number of rotatable bonds is 2. The van der Waals surface area contributed by atoms with Crippen LogP contribution < -0.4 is 5.32 Å². The molecule has 1 N–H and O–H groups in total. The predicted molar refractivity (Wildman–Crippen MR) is 124 cm³/mol. The first-order valence-corrected chi connectivity index (χ1v) is 10.8. The molecule has 2 aliphatic heterocycles. The molecule has 6 rings (SSSR count). The second-order valence-electron chi connectivity index (χ2n) is 8.94. The lowest BCUT2D eigenvalue weighted by Gasteiger charge is -2.50. The van der Waals surface area contributed by atoms with Crippen molar-refractivity contribution in [3.8, 4) is 11.1 Å². The van der Waals surface area contributed by atoms with Gasteiger partial charge in [-0.25, -0.2) is 9.18 Å². The molecule has 0 saturated carbocycles. The van der Waals surface area contributed by atoms with Crippen molar-refractivity contribution < 1.29 is 14.0 Å². The van der Waals surface area contributed by atoms with Gasteiger partial charge >= 0.3 is 6.03 Å². The molecule has 0 aliphatic carbocycles. The maximum Gasteiger partial charge on any atom is 0.317 e. The number of pyridine rings is 1. The minimum atomic E-state index is -0.285. The van der Waals surface area contributed by atoms with Crippen LogP contribution in [0.15, 0.2) is 66.9 Å². The molecule has 2 aliphatic rings. The van der Waals surface area contributed by atoms with Crippen LogP contribution in [0.2, 0.25) is 0 Å². The Hall–Kier alpha value is -4.00. The Labute approximate surface area is 189 Å². The maximum atomic E-state index is 13.6. The zero-order chi connectivity index (χ0) is 22.7. The van der Waals surface area contributed by atoms with Gasteiger partial charge in [-0.1, -0.05) is 18.2 Å². The Bertz CT molecular complexity index is 1460. The van der Waals surface area contributed by atoms with Gasteiger partial charge in [-0.15, -0.1) is 0 Å². The number of likely N-dealkylation sites (tertiary alicyclic amines) is 1. The molecule has 3 aromatic carbocycles. The number of nitrogens with one attached hydrogen (secondary N) is 1. The van der Waals surface area contributed by atoms with Crippen LogP contribution in [0.25, 0.3) is 32.8 Å². The third-order valence-corrected chi connectivity index (χ3v) is 6.91. The first kappa shape index (κ1) is 19.7. The van der Waals surface area contributed by atoms with Gasteiger partial charge in [0.1, 0.15) is 5.82 Å². The largest absolute Gasteiger partial charge is 0.335 e. The van der Waals surface area contributed by atoms with E-state index in [1.54, 1.807) is 29.1 Å². The molecule has 0 radical (unpaired) electrons. The highest BCUT2D eigenvalue weighted by atomic mass is 19.1. The first-order chi connectivity index (χ1) is 15.9. The number of halogens is 1. The fourth-order valence-electron chi connectivity index (χ4n) is 4.83. The number of benzene rings is 3. The predicted octanol–water partition coefficient (Wildman–Crippen LogP) is 4.04. The minimum Gasteiger partial charge on any atom is -0.335 e. The van der Waals surface area contributed by atoms with Gasteiger partial charge < -0.3 is 15.1 Å². The highest BCUT2D eigenvalue weighted by Crippen LogP contribution is 2.32. The maximum absolute atomic E-state index is 13.6. The highest BCUT2D eigenvalue weighted by Gasteiger charge is 2.53. The van der Waals surface area contributed by atoms with Crippen molar-refractivity contribution in [2.45, 2.75) is 5.54 Å². The summed E-state index contributed by atoms with van der Waals surface area (Å²) >= 11 is 0. The van der Waals surface area contributed by atoms with Gasteiger partial charge in [0.05, 0.1) is 11.1 Å². The van der Waals surface area contributed by atoms with Crippen molar-refractivity contribution in [1.82, 2.24) is 20.1 Å². The lowest BCUT2D eigenvalue weighted by molar-refractivity contribution is 0.00778. The van der Waals surface area contributed by atoms with E-state index in [0.717, 1.165) is 32.8 Å².